The van der Waals surface area contributed by atoms with Crippen molar-refractivity contribution in [2.45, 2.75) is 92.3 Å². The molecule has 0 aliphatic carbocycles. The first kappa shape index (κ1) is 20.8. The van der Waals surface area contributed by atoms with Crippen LogP contribution in [0.2, 0.25) is 0 Å². The smallest absolute Gasteiger partial charge is 0.173 e. The molecule has 1 aromatic rings. The van der Waals surface area contributed by atoms with E-state index in [-0.39, 0.29) is 5.92 Å². The van der Waals surface area contributed by atoms with Crippen LogP contribution in [0.25, 0.3) is 0 Å². The van der Waals surface area contributed by atoms with Gasteiger partial charge in [-0.2, -0.15) is 9.78 Å². The maximum absolute atomic E-state index is 5.69. The van der Waals surface area contributed by atoms with Gasteiger partial charge in [0.25, 0.3) is 0 Å². The van der Waals surface area contributed by atoms with Crippen molar-refractivity contribution in [3.8, 4) is 11.5 Å². The number of hydrogen-bond donors (Lipinski definition) is 0. The van der Waals surface area contributed by atoms with Crippen LogP contribution in [0.4, 0.5) is 0 Å². The van der Waals surface area contributed by atoms with E-state index in [0.717, 1.165) is 11.1 Å². The van der Waals surface area contributed by atoms with E-state index in [1.807, 2.05) is 53.7 Å². The van der Waals surface area contributed by atoms with Gasteiger partial charge in [-0.05, 0) is 71.1 Å². The maximum atomic E-state index is 5.69. The zero-order valence-corrected chi connectivity index (χ0v) is 16.9. The summed E-state index contributed by atoms with van der Waals surface area (Å²) in [6.45, 7) is 20.2. The average Bonchev–Trinajstić information content (AvgIpc) is 2.40. The molecule has 0 aromatic heterocycles. The Balaban J connectivity index is 3.29. The highest BCUT2D eigenvalue weighted by molar-refractivity contribution is 5.50. The molecule has 24 heavy (non-hydrogen) atoms. The third kappa shape index (κ3) is 6.70. The van der Waals surface area contributed by atoms with Crippen molar-refractivity contribution in [1.29, 1.82) is 0 Å². The fourth-order valence-electron chi connectivity index (χ4n) is 2.00. The van der Waals surface area contributed by atoms with Crippen LogP contribution in [0.5, 0.6) is 11.5 Å². The zero-order valence-electron chi connectivity index (χ0n) is 16.9. The van der Waals surface area contributed by atoms with E-state index in [9.17, 15) is 0 Å². The Morgan fingerprint density at radius 3 is 1.29 bits per heavy atom. The van der Waals surface area contributed by atoms with E-state index in [1.54, 1.807) is 0 Å². The molecule has 1 rings (SSSR count). The van der Waals surface area contributed by atoms with E-state index >= 15 is 0 Å². The summed E-state index contributed by atoms with van der Waals surface area (Å²) in [5, 5.41) is 0. The quantitative estimate of drug-likeness (QED) is 0.460. The van der Waals surface area contributed by atoms with Crippen LogP contribution >= 0.6 is 0 Å². The van der Waals surface area contributed by atoms with E-state index in [0.29, 0.717) is 17.4 Å². The Labute approximate surface area is 147 Å². The minimum absolute atomic E-state index is 0.198. The molecule has 0 amide bonds. The van der Waals surface area contributed by atoms with Gasteiger partial charge in [-0.25, -0.2) is 0 Å². The lowest BCUT2D eigenvalue weighted by molar-refractivity contribution is -0.280. The molecule has 4 nitrogen and oxygen atoms in total. The van der Waals surface area contributed by atoms with Gasteiger partial charge in [-0.1, -0.05) is 27.7 Å². The summed E-state index contributed by atoms with van der Waals surface area (Å²) in [5.41, 5.74) is 1.25. The second-order valence-electron chi connectivity index (χ2n) is 8.80. The van der Waals surface area contributed by atoms with Crippen molar-refractivity contribution >= 4 is 0 Å². The van der Waals surface area contributed by atoms with Crippen molar-refractivity contribution in [3.63, 3.8) is 0 Å². The van der Waals surface area contributed by atoms with Crippen LogP contribution in [0, 0.1) is 0 Å². The van der Waals surface area contributed by atoms with Gasteiger partial charge in [0.05, 0.1) is 0 Å². The minimum atomic E-state index is -0.398. The lowest BCUT2D eigenvalue weighted by Crippen LogP contribution is -2.23. The molecule has 1 aromatic carbocycles. The van der Waals surface area contributed by atoms with Gasteiger partial charge < -0.3 is 9.78 Å². The highest BCUT2D eigenvalue weighted by Crippen LogP contribution is 2.39. The Kier molecular flexibility index (Phi) is 6.71. The molecule has 0 aliphatic rings. The monoisotopic (exact) mass is 338 g/mol. The molecule has 4 heteroatoms. The van der Waals surface area contributed by atoms with Crippen LogP contribution in [0.15, 0.2) is 12.1 Å². The van der Waals surface area contributed by atoms with Gasteiger partial charge >= 0.3 is 0 Å². The lowest BCUT2D eigenvalue weighted by atomic mass is 9.95. The third-order valence-electron chi connectivity index (χ3n) is 3.13. The van der Waals surface area contributed by atoms with Gasteiger partial charge in [-0.3, -0.25) is 0 Å². The summed E-state index contributed by atoms with van der Waals surface area (Å²) in [7, 11) is 0. The van der Waals surface area contributed by atoms with Gasteiger partial charge in [0.15, 0.2) is 11.5 Å². The van der Waals surface area contributed by atoms with Crippen molar-refractivity contribution < 1.29 is 19.6 Å². The van der Waals surface area contributed by atoms with Crippen LogP contribution in [-0.2, 0) is 9.78 Å². The molecular weight excluding hydrogens is 304 g/mol. The molecule has 0 fully saturated rings. The summed E-state index contributed by atoms with van der Waals surface area (Å²) in [4.78, 5) is 22.5. The first-order valence-corrected chi connectivity index (χ1v) is 8.69. The molecular formula is C20H34O4. The van der Waals surface area contributed by atoms with Gasteiger partial charge in [-0.15, -0.1) is 0 Å². The van der Waals surface area contributed by atoms with Crippen molar-refractivity contribution in [2.24, 2.45) is 0 Å². The normalized spacial score (nSPS) is 12.8. The first-order valence-electron chi connectivity index (χ1n) is 8.69. The molecule has 0 bridgehead atoms. The Morgan fingerprint density at radius 1 is 0.667 bits per heavy atom. The molecule has 0 spiro atoms. The molecule has 0 atom stereocenters. The van der Waals surface area contributed by atoms with Crippen molar-refractivity contribution in [3.05, 3.63) is 23.3 Å². The van der Waals surface area contributed by atoms with Gasteiger partial charge in [0, 0.05) is 5.56 Å². The molecule has 138 valence electrons. The molecule has 0 heterocycles. The average molecular weight is 338 g/mol. The Bertz CT molecular complexity index is 495. The summed E-state index contributed by atoms with van der Waals surface area (Å²) < 4.78 is 0. The molecule has 0 unspecified atom stereocenters. The molecule has 0 N–H and O–H groups in total. The lowest BCUT2D eigenvalue weighted by Gasteiger charge is -2.24. The second kappa shape index (κ2) is 7.75. The predicted octanol–water partition coefficient (Wildman–Crippen LogP) is 6.15. The predicted molar refractivity (Wildman–Crippen MR) is 97.6 cm³/mol. The molecule has 0 saturated carbocycles. The summed E-state index contributed by atoms with van der Waals surface area (Å²) in [6.07, 6.45) is 0. The zero-order chi connectivity index (χ0) is 18.7. The van der Waals surface area contributed by atoms with E-state index in [1.165, 1.54) is 0 Å². The highest BCUT2D eigenvalue weighted by atomic mass is 17.2. The van der Waals surface area contributed by atoms with Gasteiger partial charge in [0.1, 0.15) is 11.2 Å². The number of rotatable bonds is 6. The highest BCUT2D eigenvalue weighted by Gasteiger charge is 2.23. The topological polar surface area (TPSA) is 36.9 Å². The summed E-state index contributed by atoms with van der Waals surface area (Å²) >= 11 is 0. The Morgan fingerprint density at radius 2 is 1.04 bits per heavy atom. The molecule has 0 saturated heterocycles. The standard InChI is InChI=1S/C20H34O4/c1-13(2)15-11-16(21-23-19(5,6)7)18(14(3)4)17(12-15)22-24-20(8,9)10/h11-14H,1-10H3. The summed E-state index contributed by atoms with van der Waals surface area (Å²) in [5.74, 6) is 1.89. The van der Waals surface area contributed by atoms with Crippen LogP contribution < -0.4 is 9.78 Å². The number of benzene rings is 1. The SMILES string of the molecule is CC(C)c1cc(OOC(C)(C)C)c(C(C)C)c(OOC(C)(C)C)c1. The summed E-state index contributed by atoms with van der Waals surface area (Å²) in [6, 6.07) is 4.05. The van der Waals surface area contributed by atoms with Crippen molar-refractivity contribution in [2.75, 3.05) is 0 Å². The fourth-order valence-corrected chi connectivity index (χ4v) is 2.00. The second-order valence-corrected chi connectivity index (χ2v) is 8.80. The van der Waals surface area contributed by atoms with Crippen LogP contribution in [-0.4, -0.2) is 11.2 Å². The van der Waals surface area contributed by atoms with E-state index < -0.39 is 11.2 Å². The molecule has 0 radical (unpaired) electrons. The first-order chi connectivity index (χ1) is 10.8. The largest absolute Gasteiger partial charge is 0.337 e. The van der Waals surface area contributed by atoms with Crippen LogP contribution in [0.1, 0.15) is 92.2 Å². The maximum Gasteiger partial charge on any atom is 0.173 e. The van der Waals surface area contributed by atoms with E-state index in [2.05, 4.69) is 27.7 Å². The Hall–Kier alpha value is -1.26. The van der Waals surface area contributed by atoms with Crippen LogP contribution in [0.3, 0.4) is 0 Å². The van der Waals surface area contributed by atoms with E-state index in [4.69, 9.17) is 19.6 Å². The van der Waals surface area contributed by atoms with Gasteiger partial charge in [0.2, 0.25) is 0 Å². The van der Waals surface area contributed by atoms with Crippen molar-refractivity contribution in [1.82, 2.24) is 0 Å². The molecule has 0 aliphatic heterocycles. The third-order valence-corrected chi connectivity index (χ3v) is 3.13. The minimum Gasteiger partial charge on any atom is -0.337 e. The fraction of sp³-hybridized carbons (Fsp3) is 0.700. The number of hydrogen-bond acceptors (Lipinski definition) is 4.